The average molecular weight is 261 g/mol. The molecule has 3 heteroatoms. The van der Waals surface area contributed by atoms with Crippen LogP contribution < -0.4 is 5.32 Å². The molecule has 0 heterocycles. The Morgan fingerprint density at radius 1 is 1.16 bits per heavy atom. The largest absolute Gasteiger partial charge is 0.392 e. The Morgan fingerprint density at radius 3 is 2.42 bits per heavy atom. The number of hydrogen-bond acceptors (Lipinski definition) is 2. The highest BCUT2D eigenvalue weighted by atomic mass is 16.3. The van der Waals surface area contributed by atoms with Crippen LogP contribution in [0.25, 0.3) is 0 Å². The molecule has 0 aromatic heterocycles. The number of aliphatic hydroxyl groups excluding tert-OH is 1. The van der Waals surface area contributed by atoms with Gasteiger partial charge in [-0.15, -0.1) is 0 Å². The summed E-state index contributed by atoms with van der Waals surface area (Å²) in [5.74, 6) is 0.808. The molecule has 0 atom stereocenters. The first-order valence-corrected chi connectivity index (χ1v) is 7.23. The SMILES string of the molecule is O=C(CC1CCCC1)NCCc1ccc(CO)cc1. The topological polar surface area (TPSA) is 49.3 Å². The summed E-state index contributed by atoms with van der Waals surface area (Å²) in [4.78, 5) is 11.7. The molecule has 19 heavy (non-hydrogen) atoms. The molecule has 1 aromatic carbocycles. The van der Waals surface area contributed by atoms with Gasteiger partial charge in [0.2, 0.25) is 5.91 Å². The number of hydrogen-bond donors (Lipinski definition) is 2. The number of nitrogens with one attached hydrogen (secondary N) is 1. The Balaban J connectivity index is 1.65. The summed E-state index contributed by atoms with van der Waals surface area (Å²) in [7, 11) is 0. The maximum atomic E-state index is 11.7. The van der Waals surface area contributed by atoms with Crippen molar-refractivity contribution in [2.24, 2.45) is 5.92 Å². The van der Waals surface area contributed by atoms with Gasteiger partial charge in [-0.3, -0.25) is 4.79 Å². The van der Waals surface area contributed by atoms with Crippen LogP contribution in [0.5, 0.6) is 0 Å². The molecule has 0 unspecified atom stereocenters. The summed E-state index contributed by atoms with van der Waals surface area (Å²) >= 11 is 0. The number of benzene rings is 1. The van der Waals surface area contributed by atoms with Crippen LogP contribution in [-0.2, 0) is 17.8 Å². The van der Waals surface area contributed by atoms with Crippen LogP contribution in [0.2, 0.25) is 0 Å². The third-order valence-electron chi connectivity index (χ3n) is 3.89. The van der Waals surface area contributed by atoms with E-state index in [-0.39, 0.29) is 12.5 Å². The van der Waals surface area contributed by atoms with Crippen LogP contribution in [0.1, 0.15) is 43.2 Å². The van der Waals surface area contributed by atoms with Gasteiger partial charge in [0.15, 0.2) is 0 Å². The maximum Gasteiger partial charge on any atom is 0.220 e. The molecule has 2 rings (SSSR count). The second-order valence-electron chi connectivity index (χ2n) is 5.43. The molecule has 1 fully saturated rings. The Hall–Kier alpha value is -1.35. The third-order valence-corrected chi connectivity index (χ3v) is 3.89. The lowest BCUT2D eigenvalue weighted by Crippen LogP contribution is -2.27. The number of carbonyl (C=O) groups excluding carboxylic acids is 1. The zero-order valence-electron chi connectivity index (χ0n) is 11.4. The molecule has 3 nitrogen and oxygen atoms in total. The normalized spacial score (nSPS) is 15.6. The zero-order chi connectivity index (χ0) is 13.5. The predicted octanol–water partition coefficient (Wildman–Crippen LogP) is 2.42. The molecular weight excluding hydrogens is 238 g/mol. The minimum atomic E-state index is 0.0818. The fourth-order valence-corrected chi connectivity index (χ4v) is 2.71. The predicted molar refractivity (Wildman–Crippen MR) is 75.7 cm³/mol. The van der Waals surface area contributed by atoms with Gasteiger partial charge in [0.1, 0.15) is 0 Å². The summed E-state index contributed by atoms with van der Waals surface area (Å²) in [6.07, 6.45) is 6.56. The lowest BCUT2D eigenvalue weighted by atomic mass is 10.0. The van der Waals surface area contributed by atoms with Gasteiger partial charge in [0.05, 0.1) is 6.61 Å². The molecule has 0 saturated heterocycles. The lowest BCUT2D eigenvalue weighted by Gasteiger charge is -2.09. The fraction of sp³-hybridized carbons (Fsp3) is 0.562. The Bertz CT molecular complexity index is 394. The second-order valence-corrected chi connectivity index (χ2v) is 5.43. The first-order chi connectivity index (χ1) is 9.28. The highest BCUT2D eigenvalue weighted by Gasteiger charge is 2.17. The Labute approximate surface area is 115 Å². The van der Waals surface area contributed by atoms with E-state index < -0.39 is 0 Å². The molecule has 2 N–H and O–H groups in total. The van der Waals surface area contributed by atoms with Gasteiger partial charge < -0.3 is 10.4 Å². The molecule has 1 saturated carbocycles. The Kier molecular flexibility index (Phi) is 5.40. The van der Waals surface area contributed by atoms with E-state index in [0.29, 0.717) is 18.9 Å². The quantitative estimate of drug-likeness (QED) is 0.826. The lowest BCUT2D eigenvalue weighted by molar-refractivity contribution is -0.121. The minimum Gasteiger partial charge on any atom is -0.392 e. The van der Waals surface area contributed by atoms with Crippen LogP contribution in [-0.4, -0.2) is 17.6 Å². The molecule has 0 radical (unpaired) electrons. The number of amides is 1. The van der Waals surface area contributed by atoms with E-state index in [1.165, 1.54) is 31.2 Å². The smallest absolute Gasteiger partial charge is 0.220 e. The molecule has 1 aromatic rings. The molecule has 1 amide bonds. The summed E-state index contributed by atoms with van der Waals surface area (Å²) in [5.41, 5.74) is 2.12. The first-order valence-electron chi connectivity index (χ1n) is 7.23. The monoisotopic (exact) mass is 261 g/mol. The highest BCUT2D eigenvalue weighted by molar-refractivity contribution is 5.76. The van der Waals surface area contributed by atoms with Gasteiger partial charge in [-0.1, -0.05) is 37.1 Å². The average Bonchev–Trinajstić information content (AvgIpc) is 2.92. The van der Waals surface area contributed by atoms with Gasteiger partial charge in [0, 0.05) is 13.0 Å². The van der Waals surface area contributed by atoms with E-state index >= 15 is 0 Å². The van der Waals surface area contributed by atoms with Crippen molar-refractivity contribution in [1.82, 2.24) is 5.32 Å². The molecular formula is C16H23NO2. The van der Waals surface area contributed by atoms with Gasteiger partial charge in [-0.2, -0.15) is 0 Å². The van der Waals surface area contributed by atoms with E-state index in [1.807, 2.05) is 24.3 Å². The van der Waals surface area contributed by atoms with Crippen molar-refractivity contribution in [2.45, 2.75) is 45.1 Å². The third kappa shape index (κ3) is 4.67. The minimum absolute atomic E-state index is 0.0818. The molecule has 0 spiro atoms. The van der Waals surface area contributed by atoms with Crippen LogP contribution in [0.15, 0.2) is 24.3 Å². The van der Waals surface area contributed by atoms with Gasteiger partial charge in [0.25, 0.3) is 0 Å². The first kappa shape index (κ1) is 14.1. The van der Waals surface area contributed by atoms with E-state index in [1.54, 1.807) is 0 Å². The van der Waals surface area contributed by atoms with Crippen molar-refractivity contribution < 1.29 is 9.90 Å². The van der Waals surface area contributed by atoms with Gasteiger partial charge in [-0.25, -0.2) is 0 Å². The summed E-state index contributed by atoms with van der Waals surface area (Å²) in [6.45, 7) is 0.780. The van der Waals surface area contributed by atoms with E-state index in [9.17, 15) is 4.79 Å². The Morgan fingerprint density at radius 2 is 1.79 bits per heavy atom. The molecule has 0 aliphatic heterocycles. The summed E-state index contributed by atoms with van der Waals surface area (Å²) < 4.78 is 0. The maximum absolute atomic E-state index is 11.7. The standard InChI is InChI=1S/C16H23NO2/c18-12-15-7-5-13(6-8-15)9-10-17-16(19)11-14-3-1-2-4-14/h5-8,14,18H,1-4,9-12H2,(H,17,19). The highest BCUT2D eigenvalue weighted by Crippen LogP contribution is 2.27. The number of rotatable bonds is 6. The molecule has 0 bridgehead atoms. The molecule has 1 aliphatic carbocycles. The van der Waals surface area contributed by atoms with E-state index in [0.717, 1.165) is 12.0 Å². The molecule has 1 aliphatic rings. The number of carbonyl (C=O) groups is 1. The van der Waals surface area contributed by atoms with Crippen LogP contribution in [0, 0.1) is 5.92 Å². The van der Waals surface area contributed by atoms with Gasteiger partial charge in [-0.05, 0) is 36.3 Å². The second kappa shape index (κ2) is 7.29. The van der Waals surface area contributed by atoms with Crippen molar-refractivity contribution in [1.29, 1.82) is 0 Å². The van der Waals surface area contributed by atoms with Crippen molar-refractivity contribution in [3.63, 3.8) is 0 Å². The van der Waals surface area contributed by atoms with Crippen molar-refractivity contribution >= 4 is 5.91 Å². The van der Waals surface area contributed by atoms with E-state index in [2.05, 4.69) is 5.32 Å². The van der Waals surface area contributed by atoms with Crippen LogP contribution in [0.4, 0.5) is 0 Å². The fourth-order valence-electron chi connectivity index (χ4n) is 2.71. The van der Waals surface area contributed by atoms with Crippen molar-refractivity contribution in [3.05, 3.63) is 35.4 Å². The van der Waals surface area contributed by atoms with Crippen molar-refractivity contribution in [3.8, 4) is 0 Å². The number of aliphatic hydroxyl groups is 1. The van der Waals surface area contributed by atoms with Gasteiger partial charge >= 0.3 is 0 Å². The summed E-state index contributed by atoms with van der Waals surface area (Å²) in [6, 6.07) is 7.87. The molecule has 104 valence electrons. The van der Waals surface area contributed by atoms with Crippen molar-refractivity contribution in [2.75, 3.05) is 6.54 Å². The zero-order valence-corrected chi connectivity index (χ0v) is 11.4. The summed E-state index contributed by atoms with van der Waals surface area (Å²) in [5, 5.41) is 12.0. The van der Waals surface area contributed by atoms with E-state index in [4.69, 9.17) is 5.11 Å². The van der Waals surface area contributed by atoms with Crippen LogP contribution >= 0.6 is 0 Å². The van der Waals surface area contributed by atoms with Crippen LogP contribution in [0.3, 0.4) is 0 Å².